The minimum atomic E-state index is 0.116. The van der Waals surface area contributed by atoms with E-state index in [1.165, 1.54) is 6.33 Å². The van der Waals surface area contributed by atoms with E-state index in [2.05, 4.69) is 19.9 Å². The number of H-pyrrole nitrogens is 1. The number of aromatic nitrogens is 4. The molecule has 0 unspecified atom stereocenters. The summed E-state index contributed by atoms with van der Waals surface area (Å²) >= 11 is 12.5. The zero-order valence-corrected chi connectivity index (χ0v) is 12.5. The molecule has 1 aromatic carbocycles. The smallest absolute Gasteiger partial charge is 0.222 e. The molecule has 0 saturated carbocycles. The number of halogens is 2. The lowest BCUT2D eigenvalue weighted by molar-refractivity contribution is 0.340. The molecule has 0 fully saturated rings. The number of nitrogens with zero attached hydrogens (tertiary/aromatic N) is 3. The van der Waals surface area contributed by atoms with Gasteiger partial charge in [-0.25, -0.2) is 9.97 Å². The van der Waals surface area contributed by atoms with Crippen LogP contribution in [0, 0.1) is 0 Å². The molecule has 3 aromatic rings. The highest BCUT2D eigenvalue weighted by Gasteiger charge is 2.16. The van der Waals surface area contributed by atoms with Crippen molar-refractivity contribution in [3.05, 3.63) is 28.5 Å². The first-order chi connectivity index (χ1) is 10.1. The van der Waals surface area contributed by atoms with Crippen LogP contribution in [0.1, 0.15) is 6.92 Å². The number of rotatable bonds is 3. The van der Waals surface area contributed by atoms with Gasteiger partial charge in [0.15, 0.2) is 5.65 Å². The van der Waals surface area contributed by atoms with Gasteiger partial charge in [-0.15, -0.1) is 0 Å². The van der Waals surface area contributed by atoms with Crippen molar-refractivity contribution in [1.29, 1.82) is 0 Å². The average molecular weight is 324 g/mol. The molecule has 2 aromatic heterocycles. The van der Waals surface area contributed by atoms with Gasteiger partial charge in [0.25, 0.3) is 0 Å². The Labute approximate surface area is 130 Å². The maximum Gasteiger partial charge on any atom is 0.222 e. The van der Waals surface area contributed by atoms with E-state index < -0.39 is 0 Å². The van der Waals surface area contributed by atoms with Crippen LogP contribution < -0.4 is 10.5 Å². The van der Waals surface area contributed by atoms with Crippen molar-refractivity contribution in [2.75, 3.05) is 12.3 Å². The maximum absolute atomic E-state index is 6.32. The van der Waals surface area contributed by atoms with Crippen molar-refractivity contribution in [3.63, 3.8) is 0 Å². The van der Waals surface area contributed by atoms with Crippen LogP contribution in [0.3, 0.4) is 0 Å². The Morgan fingerprint density at radius 3 is 2.81 bits per heavy atom. The van der Waals surface area contributed by atoms with Gasteiger partial charge in [-0.2, -0.15) is 4.98 Å². The lowest BCUT2D eigenvalue weighted by Gasteiger charge is -2.10. The molecule has 0 spiro atoms. The zero-order valence-electron chi connectivity index (χ0n) is 11.0. The largest absolute Gasteiger partial charge is 0.492 e. The highest BCUT2D eigenvalue weighted by Crippen LogP contribution is 2.37. The summed E-state index contributed by atoms with van der Waals surface area (Å²) in [4.78, 5) is 15.3. The molecule has 0 amide bonds. The van der Waals surface area contributed by atoms with E-state index in [0.717, 1.165) is 0 Å². The maximum atomic E-state index is 6.32. The second-order valence-corrected chi connectivity index (χ2v) is 5.04. The topological polar surface area (TPSA) is 89.7 Å². The number of nitrogens with two attached hydrogens (primary N) is 1. The number of ether oxygens (including phenoxy) is 1. The van der Waals surface area contributed by atoms with E-state index in [1.807, 2.05) is 6.92 Å². The van der Waals surface area contributed by atoms with Gasteiger partial charge in [-0.05, 0) is 13.0 Å². The van der Waals surface area contributed by atoms with Crippen LogP contribution in [-0.4, -0.2) is 26.5 Å². The summed E-state index contributed by atoms with van der Waals surface area (Å²) in [5.41, 5.74) is 8.00. The van der Waals surface area contributed by atoms with E-state index in [4.69, 9.17) is 33.7 Å². The molecule has 0 aliphatic carbocycles. The van der Waals surface area contributed by atoms with Crippen molar-refractivity contribution in [3.8, 4) is 17.0 Å². The molecule has 3 rings (SSSR count). The minimum absolute atomic E-state index is 0.116. The third-order valence-electron chi connectivity index (χ3n) is 2.88. The standard InChI is InChI=1S/C13H11Cl2N5O/c1-2-21-9-4-7(14)6(3-8(9)15)10-11-12(18-5-17-11)20-13(16)19-10/h3-5H,2H2,1H3,(H3,16,17,18,19,20). The first-order valence-electron chi connectivity index (χ1n) is 6.19. The fourth-order valence-electron chi connectivity index (χ4n) is 2.02. The van der Waals surface area contributed by atoms with E-state index in [1.54, 1.807) is 12.1 Å². The normalized spacial score (nSPS) is 11.0. The number of nitrogen functional groups attached to an aromatic ring is 1. The SMILES string of the molecule is CCOc1cc(Cl)c(-c2nc(N)nc3nc[nH]c23)cc1Cl. The van der Waals surface area contributed by atoms with E-state index in [0.29, 0.717) is 44.8 Å². The first kappa shape index (κ1) is 13.9. The number of imidazole rings is 1. The van der Waals surface area contributed by atoms with Crippen LogP contribution in [-0.2, 0) is 0 Å². The summed E-state index contributed by atoms with van der Waals surface area (Å²) < 4.78 is 5.41. The van der Waals surface area contributed by atoms with E-state index in [9.17, 15) is 0 Å². The highest BCUT2D eigenvalue weighted by atomic mass is 35.5. The molecule has 0 aliphatic heterocycles. The van der Waals surface area contributed by atoms with Crippen molar-refractivity contribution in [2.45, 2.75) is 6.92 Å². The molecule has 0 aliphatic rings. The van der Waals surface area contributed by atoms with Gasteiger partial charge in [0.05, 0.1) is 23.0 Å². The molecule has 108 valence electrons. The number of benzene rings is 1. The van der Waals surface area contributed by atoms with Crippen molar-refractivity contribution in [2.24, 2.45) is 0 Å². The first-order valence-corrected chi connectivity index (χ1v) is 6.94. The van der Waals surface area contributed by atoms with Crippen molar-refractivity contribution < 1.29 is 4.74 Å². The Morgan fingerprint density at radius 1 is 1.24 bits per heavy atom. The molecular weight excluding hydrogens is 313 g/mol. The Bertz CT molecular complexity index is 818. The predicted molar refractivity (Wildman–Crippen MR) is 82.7 cm³/mol. The second kappa shape index (κ2) is 5.38. The van der Waals surface area contributed by atoms with Crippen LogP contribution in [0.2, 0.25) is 10.0 Å². The second-order valence-electron chi connectivity index (χ2n) is 4.23. The monoisotopic (exact) mass is 323 g/mol. The fourth-order valence-corrected chi connectivity index (χ4v) is 2.48. The van der Waals surface area contributed by atoms with Crippen LogP contribution in [0.15, 0.2) is 18.5 Å². The average Bonchev–Trinajstić information content (AvgIpc) is 2.90. The minimum Gasteiger partial charge on any atom is -0.492 e. The number of anilines is 1. The summed E-state index contributed by atoms with van der Waals surface area (Å²) in [7, 11) is 0. The summed E-state index contributed by atoms with van der Waals surface area (Å²) in [5.74, 6) is 0.640. The Balaban J connectivity index is 2.23. The number of fused-ring (bicyclic) bond motifs is 1. The van der Waals surface area contributed by atoms with Crippen LogP contribution >= 0.6 is 23.2 Å². The van der Waals surface area contributed by atoms with Crippen LogP contribution in [0.5, 0.6) is 5.75 Å². The summed E-state index contributed by atoms with van der Waals surface area (Å²) in [5, 5.41) is 0.901. The van der Waals surface area contributed by atoms with Gasteiger partial charge in [0, 0.05) is 11.6 Å². The molecule has 0 radical (unpaired) electrons. The molecule has 21 heavy (non-hydrogen) atoms. The summed E-state index contributed by atoms with van der Waals surface area (Å²) in [6.45, 7) is 2.37. The number of nitrogens with one attached hydrogen (secondary N) is 1. The summed E-state index contributed by atoms with van der Waals surface area (Å²) in [6.07, 6.45) is 1.52. The number of aromatic amines is 1. The predicted octanol–water partition coefficient (Wildman–Crippen LogP) is 3.31. The summed E-state index contributed by atoms with van der Waals surface area (Å²) in [6, 6.07) is 3.35. The van der Waals surface area contributed by atoms with Gasteiger partial charge in [0.1, 0.15) is 17.0 Å². The molecule has 6 nitrogen and oxygen atoms in total. The van der Waals surface area contributed by atoms with E-state index >= 15 is 0 Å². The number of hydrogen-bond donors (Lipinski definition) is 2. The van der Waals surface area contributed by atoms with Gasteiger partial charge in [-0.3, -0.25) is 0 Å². The van der Waals surface area contributed by atoms with Crippen LogP contribution in [0.4, 0.5) is 5.95 Å². The Morgan fingerprint density at radius 2 is 2.05 bits per heavy atom. The van der Waals surface area contributed by atoms with Gasteiger partial charge in [-0.1, -0.05) is 23.2 Å². The van der Waals surface area contributed by atoms with Gasteiger partial charge < -0.3 is 15.5 Å². The lowest BCUT2D eigenvalue weighted by Crippen LogP contribution is -1.99. The Hall–Kier alpha value is -2.05. The Kier molecular flexibility index (Phi) is 3.57. The zero-order chi connectivity index (χ0) is 15.0. The molecule has 8 heteroatoms. The van der Waals surface area contributed by atoms with Crippen molar-refractivity contribution in [1.82, 2.24) is 19.9 Å². The van der Waals surface area contributed by atoms with Gasteiger partial charge >= 0.3 is 0 Å². The quantitative estimate of drug-likeness (QED) is 0.771. The molecule has 0 saturated heterocycles. The molecule has 2 heterocycles. The molecule has 3 N–H and O–H groups in total. The van der Waals surface area contributed by atoms with Crippen LogP contribution in [0.25, 0.3) is 22.4 Å². The lowest BCUT2D eigenvalue weighted by atomic mass is 10.1. The van der Waals surface area contributed by atoms with Gasteiger partial charge in [0.2, 0.25) is 5.95 Å². The molecule has 0 atom stereocenters. The molecular formula is C13H11Cl2N5O. The van der Waals surface area contributed by atoms with Crippen molar-refractivity contribution >= 4 is 40.3 Å². The van der Waals surface area contributed by atoms with E-state index in [-0.39, 0.29) is 5.95 Å². The third kappa shape index (κ3) is 2.48. The molecule has 0 bridgehead atoms. The fraction of sp³-hybridized carbons (Fsp3) is 0.154. The third-order valence-corrected chi connectivity index (χ3v) is 3.49. The number of hydrogen-bond acceptors (Lipinski definition) is 5. The highest BCUT2D eigenvalue weighted by molar-refractivity contribution is 6.36.